The number of carbonyl (C=O) groups is 1. The standard InChI is InChI=1S/C24H19N3O4/c1-17-12-13-19(14-22(17)27(29)30)24(28)31-16-20-15-26(21-10-6-3-7-11-21)25-23(20)18-8-4-2-5-9-18/h2-15H,16H2,1H3. The van der Waals surface area contributed by atoms with Crippen LogP contribution < -0.4 is 0 Å². The predicted molar refractivity (Wildman–Crippen MR) is 116 cm³/mol. The maximum atomic E-state index is 12.6. The van der Waals surface area contributed by atoms with E-state index in [4.69, 9.17) is 4.74 Å². The highest BCUT2D eigenvalue weighted by Crippen LogP contribution is 2.25. The first-order valence-electron chi connectivity index (χ1n) is 9.64. The lowest BCUT2D eigenvalue weighted by molar-refractivity contribution is -0.385. The minimum Gasteiger partial charge on any atom is -0.457 e. The molecule has 0 saturated heterocycles. The molecule has 3 aromatic carbocycles. The molecule has 1 heterocycles. The normalized spacial score (nSPS) is 10.6. The maximum absolute atomic E-state index is 12.6. The highest BCUT2D eigenvalue weighted by atomic mass is 16.6. The van der Waals surface area contributed by atoms with Crippen LogP contribution in [0.2, 0.25) is 0 Å². The van der Waals surface area contributed by atoms with E-state index in [1.165, 1.54) is 18.2 Å². The van der Waals surface area contributed by atoms with Gasteiger partial charge in [-0.2, -0.15) is 5.10 Å². The molecule has 31 heavy (non-hydrogen) atoms. The third kappa shape index (κ3) is 4.35. The van der Waals surface area contributed by atoms with Gasteiger partial charge in [0, 0.05) is 29.0 Å². The van der Waals surface area contributed by atoms with Crippen LogP contribution in [0.5, 0.6) is 0 Å². The summed E-state index contributed by atoms with van der Waals surface area (Å²) in [5.74, 6) is -0.630. The van der Waals surface area contributed by atoms with Gasteiger partial charge in [-0.15, -0.1) is 0 Å². The van der Waals surface area contributed by atoms with E-state index < -0.39 is 10.9 Å². The number of nitro groups is 1. The summed E-state index contributed by atoms with van der Waals surface area (Å²) in [6, 6.07) is 23.6. The molecule has 0 aliphatic rings. The summed E-state index contributed by atoms with van der Waals surface area (Å²) >= 11 is 0. The summed E-state index contributed by atoms with van der Waals surface area (Å²) in [7, 11) is 0. The van der Waals surface area contributed by atoms with Crippen molar-refractivity contribution in [1.82, 2.24) is 9.78 Å². The number of carbonyl (C=O) groups excluding carboxylic acids is 1. The van der Waals surface area contributed by atoms with Gasteiger partial charge in [0.1, 0.15) is 6.61 Å². The van der Waals surface area contributed by atoms with E-state index in [0.717, 1.165) is 16.8 Å². The molecule has 7 heteroatoms. The van der Waals surface area contributed by atoms with Gasteiger partial charge in [-0.1, -0.05) is 54.6 Å². The number of aryl methyl sites for hydroxylation is 1. The number of benzene rings is 3. The van der Waals surface area contributed by atoms with Crippen LogP contribution in [0.3, 0.4) is 0 Å². The molecular formula is C24H19N3O4. The van der Waals surface area contributed by atoms with Crippen LogP contribution in [0, 0.1) is 17.0 Å². The van der Waals surface area contributed by atoms with Crippen molar-refractivity contribution in [2.75, 3.05) is 0 Å². The Labute approximate surface area is 178 Å². The molecule has 0 spiro atoms. The molecule has 0 saturated carbocycles. The predicted octanol–water partition coefficient (Wildman–Crippen LogP) is 5.11. The van der Waals surface area contributed by atoms with Crippen LogP contribution in [0.1, 0.15) is 21.5 Å². The molecule has 0 amide bonds. The van der Waals surface area contributed by atoms with Gasteiger partial charge >= 0.3 is 5.97 Å². The number of para-hydroxylation sites is 1. The van der Waals surface area contributed by atoms with Gasteiger partial charge in [0.2, 0.25) is 0 Å². The zero-order chi connectivity index (χ0) is 21.8. The third-order valence-corrected chi connectivity index (χ3v) is 4.86. The Kier molecular flexibility index (Phi) is 5.57. The van der Waals surface area contributed by atoms with E-state index >= 15 is 0 Å². The minimum absolute atomic E-state index is 0.0163. The quantitative estimate of drug-likeness (QED) is 0.249. The van der Waals surface area contributed by atoms with Crippen LogP contribution >= 0.6 is 0 Å². The van der Waals surface area contributed by atoms with Crippen molar-refractivity contribution in [1.29, 1.82) is 0 Å². The number of hydrogen-bond acceptors (Lipinski definition) is 5. The second-order valence-electron chi connectivity index (χ2n) is 6.98. The SMILES string of the molecule is Cc1ccc(C(=O)OCc2cn(-c3ccccc3)nc2-c2ccccc2)cc1[N+](=O)[O-]. The second kappa shape index (κ2) is 8.62. The Morgan fingerprint density at radius 1 is 1.03 bits per heavy atom. The van der Waals surface area contributed by atoms with Gasteiger partial charge in [-0.05, 0) is 25.1 Å². The third-order valence-electron chi connectivity index (χ3n) is 4.86. The van der Waals surface area contributed by atoms with Crippen molar-refractivity contribution in [3.8, 4) is 16.9 Å². The lowest BCUT2D eigenvalue weighted by Crippen LogP contribution is -2.06. The molecule has 1 aromatic heterocycles. The Hall–Kier alpha value is -4.26. The fourth-order valence-corrected chi connectivity index (χ4v) is 3.23. The number of ether oxygens (including phenoxy) is 1. The highest BCUT2D eigenvalue weighted by molar-refractivity contribution is 5.90. The molecule has 4 aromatic rings. The van der Waals surface area contributed by atoms with Crippen LogP contribution in [-0.2, 0) is 11.3 Å². The number of nitrogens with zero attached hydrogens (tertiary/aromatic N) is 3. The van der Waals surface area contributed by atoms with Crippen molar-refractivity contribution in [2.45, 2.75) is 13.5 Å². The van der Waals surface area contributed by atoms with Crippen LogP contribution in [0.15, 0.2) is 85.1 Å². The zero-order valence-electron chi connectivity index (χ0n) is 16.8. The summed E-state index contributed by atoms with van der Waals surface area (Å²) < 4.78 is 7.22. The van der Waals surface area contributed by atoms with Crippen molar-refractivity contribution in [2.24, 2.45) is 0 Å². The fraction of sp³-hybridized carbons (Fsp3) is 0.0833. The zero-order valence-corrected chi connectivity index (χ0v) is 16.8. The molecule has 0 fully saturated rings. The molecule has 154 valence electrons. The summed E-state index contributed by atoms with van der Waals surface area (Å²) in [6.07, 6.45) is 1.82. The molecule has 0 N–H and O–H groups in total. The molecule has 0 radical (unpaired) electrons. The Morgan fingerprint density at radius 3 is 2.39 bits per heavy atom. The van der Waals surface area contributed by atoms with Crippen LogP contribution in [0.25, 0.3) is 16.9 Å². The largest absolute Gasteiger partial charge is 0.457 e. The molecular weight excluding hydrogens is 394 g/mol. The molecule has 7 nitrogen and oxygen atoms in total. The summed E-state index contributed by atoms with van der Waals surface area (Å²) in [6.45, 7) is 1.61. The summed E-state index contributed by atoms with van der Waals surface area (Å²) in [5, 5.41) is 15.8. The number of rotatable bonds is 6. The number of esters is 1. The maximum Gasteiger partial charge on any atom is 0.338 e. The highest BCUT2D eigenvalue weighted by Gasteiger charge is 2.18. The van der Waals surface area contributed by atoms with Crippen LogP contribution in [0.4, 0.5) is 5.69 Å². The van der Waals surface area contributed by atoms with Gasteiger partial charge in [0.25, 0.3) is 5.69 Å². The molecule has 0 aliphatic heterocycles. The van der Waals surface area contributed by atoms with Crippen molar-refractivity contribution >= 4 is 11.7 Å². The average molecular weight is 413 g/mol. The van der Waals surface area contributed by atoms with Crippen molar-refractivity contribution in [3.05, 3.63) is 112 Å². The first kappa shape index (κ1) is 20.0. The Morgan fingerprint density at radius 2 is 1.71 bits per heavy atom. The molecule has 4 rings (SSSR count). The van der Waals surface area contributed by atoms with Gasteiger partial charge in [0.05, 0.1) is 21.9 Å². The first-order valence-corrected chi connectivity index (χ1v) is 9.64. The molecule has 0 atom stereocenters. The van der Waals surface area contributed by atoms with Crippen LogP contribution in [-0.4, -0.2) is 20.7 Å². The summed E-state index contributed by atoms with van der Waals surface area (Å²) in [4.78, 5) is 23.2. The van der Waals surface area contributed by atoms with E-state index in [1.807, 2.05) is 66.9 Å². The van der Waals surface area contributed by atoms with Crippen molar-refractivity contribution in [3.63, 3.8) is 0 Å². The number of nitro benzene ring substituents is 1. The minimum atomic E-state index is -0.630. The molecule has 0 aliphatic carbocycles. The van der Waals surface area contributed by atoms with E-state index in [0.29, 0.717) is 11.3 Å². The lowest BCUT2D eigenvalue weighted by atomic mass is 10.1. The topological polar surface area (TPSA) is 87.3 Å². The van der Waals surface area contributed by atoms with E-state index in [9.17, 15) is 14.9 Å². The average Bonchev–Trinajstić information content (AvgIpc) is 3.23. The molecule has 0 bridgehead atoms. The van der Waals surface area contributed by atoms with Gasteiger partial charge in [0.15, 0.2) is 0 Å². The van der Waals surface area contributed by atoms with E-state index in [-0.39, 0.29) is 17.9 Å². The van der Waals surface area contributed by atoms with E-state index in [1.54, 1.807) is 11.6 Å². The fourth-order valence-electron chi connectivity index (χ4n) is 3.23. The number of hydrogen-bond donors (Lipinski definition) is 0. The van der Waals surface area contributed by atoms with Gasteiger partial charge in [-0.3, -0.25) is 10.1 Å². The summed E-state index contributed by atoms with van der Waals surface area (Å²) in [5.41, 5.74) is 3.71. The first-order chi connectivity index (χ1) is 15.0. The molecule has 0 unspecified atom stereocenters. The van der Waals surface area contributed by atoms with Gasteiger partial charge in [-0.25, -0.2) is 9.48 Å². The smallest absolute Gasteiger partial charge is 0.338 e. The Balaban J connectivity index is 1.62. The monoisotopic (exact) mass is 413 g/mol. The lowest BCUT2D eigenvalue weighted by Gasteiger charge is -2.06. The van der Waals surface area contributed by atoms with Crippen molar-refractivity contribution < 1.29 is 14.5 Å². The second-order valence-corrected chi connectivity index (χ2v) is 6.98. The Bertz CT molecular complexity index is 1230. The van der Waals surface area contributed by atoms with Gasteiger partial charge < -0.3 is 4.74 Å². The van der Waals surface area contributed by atoms with E-state index in [2.05, 4.69) is 5.10 Å². The number of aromatic nitrogens is 2.